The molecule has 3 rings (SSSR count). The molecule has 0 aliphatic rings. The van der Waals surface area contributed by atoms with Crippen molar-refractivity contribution in [1.82, 2.24) is 15.2 Å². The molecule has 0 aliphatic carbocycles. The van der Waals surface area contributed by atoms with E-state index in [1.165, 1.54) is 6.26 Å². The second kappa shape index (κ2) is 10.8. The third-order valence-electron chi connectivity index (χ3n) is 5.37. The van der Waals surface area contributed by atoms with Crippen molar-refractivity contribution >= 4 is 5.91 Å². The van der Waals surface area contributed by atoms with Crippen LogP contribution >= 0.6 is 0 Å². The van der Waals surface area contributed by atoms with E-state index < -0.39 is 0 Å². The highest BCUT2D eigenvalue weighted by Crippen LogP contribution is 2.27. The van der Waals surface area contributed by atoms with Crippen molar-refractivity contribution in [2.75, 3.05) is 14.2 Å². The van der Waals surface area contributed by atoms with Gasteiger partial charge in [0.25, 0.3) is 5.91 Å². The van der Waals surface area contributed by atoms with E-state index in [1.54, 1.807) is 14.2 Å². The molecule has 1 N–H and O–H groups in total. The first-order valence-corrected chi connectivity index (χ1v) is 10.7. The Bertz CT molecular complexity index is 1020. The van der Waals surface area contributed by atoms with Crippen LogP contribution < -0.4 is 14.8 Å². The molecule has 1 aromatic heterocycles. The second-order valence-corrected chi connectivity index (χ2v) is 7.91. The topological polar surface area (TPSA) is 76.8 Å². The van der Waals surface area contributed by atoms with Crippen molar-refractivity contribution in [3.05, 3.63) is 77.5 Å². The molecule has 3 aromatic rings. The maximum Gasteiger partial charge on any atom is 0.273 e. The maximum atomic E-state index is 12.6. The standard InChI is InChI=1S/C25H31N3O4/c1-17(2)28(14-20-11-12-21(30-4)13-23(20)31-5)15-24-27-22(16-32-24)25(29)26-18(3)19-9-7-6-8-10-19/h6-13,16-18H,14-15H2,1-5H3,(H,26,29). The number of carbonyl (C=O) groups excluding carboxylic acids is 1. The molecule has 1 amide bonds. The highest BCUT2D eigenvalue weighted by Gasteiger charge is 2.19. The second-order valence-electron chi connectivity index (χ2n) is 7.91. The van der Waals surface area contributed by atoms with Gasteiger partial charge in [-0.05, 0) is 32.4 Å². The molecule has 0 spiro atoms. The van der Waals surface area contributed by atoms with Crippen molar-refractivity contribution in [2.45, 2.75) is 45.9 Å². The van der Waals surface area contributed by atoms with Crippen molar-refractivity contribution in [3.8, 4) is 11.5 Å². The van der Waals surface area contributed by atoms with Gasteiger partial charge in [0.1, 0.15) is 17.8 Å². The highest BCUT2D eigenvalue weighted by atomic mass is 16.5. The average Bonchev–Trinajstić information content (AvgIpc) is 3.28. The van der Waals surface area contributed by atoms with Gasteiger partial charge < -0.3 is 19.2 Å². The lowest BCUT2D eigenvalue weighted by Gasteiger charge is -2.26. The predicted octanol–water partition coefficient (Wildman–Crippen LogP) is 4.59. The van der Waals surface area contributed by atoms with Gasteiger partial charge in [-0.2, -0.15) is 0 Å². The van der Waals surface area contributed by atoms with Crippen molar-refractivity contribution in [1.29, 1.82) is 0 Å². The number of oxazole rings is 1. The quantitative estimate of drug-likeness (QED) is 0.500. The van der Waals surface area contributed by atoms with Crippen molar-refractivity contribution in [3.63, 3.8) is 0 Å². The Morgan fingerprint density at radius 2 is 1.81 bits per heavy atom. The summed E-state index contributed by atoms with van der Waals surface area (Å²) in [5, 5.41) is 2.96. The fourth-order valence-electron chi connectivity index (χ4n) is 3.38. The van der Waals surface area contributed by atoms with Gasteiger partial charge >= 0.3 is 0 Å². The molecule has 0 saturated heterocycles. The van der Waals surface area contributed by atoms with Crippen LogP contribution in [0.4, 0.5) is 0 Å². The van der Waals surface area contributed by atoms with E-state index in [2.05, 4.69) is 29.0 Å². The van der Waals surface area contributed by atoms with E-state index in [-0.39, 0.29) is 23.7 Å². The fraction of sp³-hybridized carbons (Fsp3) is 0.360. The first kappa shape index (κ1) is 23.3. The molecule has 0 bridgehead atoms. The Kier molecular flexibility index (Phi) is 7.89. The summed E-state index contributed by atoms with van der Waals surface area (Å²) in [6.07, 6.45) is 1.41. The summed E-state index contributed by atoms with van der Waals surface area (Å²) < 4.78 is 16.4. The van der Waals surface area contributed by atoms with Gasteiger partial charge in [0.2, 0.25) is 5.89 Å². The molecule has 0 saturated carbocycles. The molecule has 0 radical (unpaired) electrons. The number of amides is 1. The van der Waals surface area contributed by atoms with Crippen LogP contribution in [0.15, 0.2) is 59.2 Å². The van der Waals surface area contributed by atoms with E-state index in [1.807, 2.05) is 55.5 Å². The number of methoxy groups -OCH3 is 2. The van der Waals surface area contributed by atoms with Crippen molar-refractivity contribution < 1.29 is 18.7 Å². The summed E-state index contributed by atoms with van der Waals surface area (Å²) in [6, 6.07) is 15.7. The maximum absolute atomic E-state index is 12.6. The smallest absolute Gasteiger partial charge is 0.273 e. The number of nitrogens with one attached hydrogen (secondary N) is 1. The summed E-state index contributed by atoms with van der Waals surface area (Å²) in [4.78, 5) is 19.2. The SMILES string of the molecule is COc1ccc(CN(Cc2nc(C(=O)NC(C)c3ccccc3)co2)C(C)C)c(OC)c1. The van der Waals surface area contributed by atoms with Crippen LogP contribution in [0.25, 0.3) is 0 Å². The number of carbonyl (C=O) groups is 1. The molecule has 0 fully saturated rings. The summed E-state index contributed by atoms with van der Waals surface area (Å²) >= 11 is 0. The molecule has 170 valence electrons. The normalized spacial score (nSPS) is 12.1. The van der Waals surface area contributed by atoms with E-state index in [9.17, 15) is 4.79 Å². The molecule has 1 unspecified atom stereocenters. The molecule has 7 heteroatoms. The Balaban J connectivity index is 1.67. The van der Waals surface area contributed by atoms with Gasteiger partial charge in [-0.25, -0.2) is 4.98 Å². The van der Waals surface area contributed by atoms with Gasteiger partial charge in [-0.1, -0.05) is 36.4 Å². The molecule has 1 atom stereocenters. The molecule has 0 aliphatic heterocycles. The van der Waals surface area contributed by atoms with Gasteiger partial charge in [-0.15, -0.1) is 0 Å². The lowest BCUT2D eigenvalue weighted by atomic mass is 10.1. The number of ether oxygens (including phenoxy) is 2. The fourth-order valence-corrected chi connectivity index (χ4v) is 3.38. The number of hydrogen-bond donors (Lipinski definition) is 1. The Morgan fingerprint density at radius 1 is 1.06 bits per heavy atom. The summed E-state index contributed by atoms with van der Waals surface area (Å²) in [5.74, 6) is 1.74. The summed E-state index contributed by atoms with van der Waals surface area (Å²) in [5.41, 5.74) is 2.33. The first-order valence-electron chi connectivity index (χ1n) is 10.7. The zero-order valence-electron chi connectivity index (χ0n) is 19.3. The monoisotopic (exact) mass is 437 g/mol. The zero-order valence-corrected chi connectivity index (χ0v) is 19.3. The number of rotatable bonds is 10. The molecule has 32 heavy (non-hydrogen) atoms. The van der Waals surface area contributed by atoms with Crippen LogP contribution in [0.5, 0.6) is 11.5 Å². The lowest BCUT2D eigenvalue weighted by Crippen LogP contribution is -2.30. The molecule has 2 aromatic carbocycles. The molecule has 1 heterocycles. The lowest BCUT2D eigenvalue weighted by molar-refractivity contribution is 0.0934. The van der Waals surface area contributed by atoms with E-state index in [4.69, 9.17) is 13.9 Å². The Labute approximate surface area is 189 Å². The molecule has 7 nitrogen and oxygen atoms in total. The minimum Gasteiger partial charge on any atom is -0.497 e. The van der Waals surface area contributed by atoms with E-state index in [0.717, 1.165) is 22.6 Å². The molecular weight excluding hydrogens is 406 g/mol. The first-order chi connectivity index (χ1) is 15.4. The van der Waals surface area contributed by atoms with E-state index in [0.29, 0.717) is 19.0 Å². The van der Waals surface area contributed by atoms with Crippen molar-refractivity contribution in [2.24, 2.45) is 0 Å². The largest absolute Gasteiger partial charge is 0.497 e. The number of nitrogens with zero attached hydrogens (tertiary/aromatic N) is 2. The number of benzene rings is 2. The van der Waals surface area contributed by atoms with Gasteiger partial charge in [0.05, 0.1) is 26.8 Å². The molecular formula is C25H31N3O4. The number of aromatic nitrogens is 1. The van der Waals surface area contributed by atoms with Gasteiger partial charge in [0, 0.05) is 24.2 Å². The van der Waals surface area contributed by atoms with Crippen LogP contribution in [-0.4, -0.2) is 36.1 Å². The van der Waals surface area contributed by atoms with Crippen LogP contribution in [0, 0.1) is 0 Å². The van der Waals surface area contributed by atoms with Crippen LogP contribution in [0.3, 0.4) is 0 Å². The predicted molar refractivity (Wildman–Crippen MR) is 123 cm³/mol. The van der Waals surface area contributed by atoms with Gasteiger partial charge in [0.15, 0.2) is 5.69 Å². The minimum absolute atomic E-state index is 0.126. The summed E-state index contributed by atoms with van der Waals surface area (Å²) in [7, 11) is 3.28. The Morgan fingerprint density at radius 3 is 2.47 bits per heavy atom. The van der Waals surface area contributed by atoms with Crippen LogP contribution in [0.2, 0.25) is 0 Å². The third-order valence-corrected chi connectivity index (χ3v) is 5.37. The average molecular weight is 438 g/mol. The van der Waals surface area contributed by atoms with Crippen LogP contribution in [0.1, 0.15) is 54.3 Å². The van der Waals surface area contributed by atoms with E-state index >= 15 is 0 Å². The van der Waals surface area contributed by atoms with Gasteiger partial charge in [-0.3, -0.25) is 9.69 Å². The number of hydrogen-bond acceptors (Lipinski definition) is 6. The zero-order chi connectivity index (χ0) is 23.1. The highest BCUT2D eigenvalue weighted by molar-refractivity contribution is 5.92. The third kappa shape index (κ3) is 5.88. The minimum atomic E-state index is -0.260. The van der Waals surface area contributed by atoms with Crippen LogP contribution in [-0.2, 0) is 13.1 Å². The summed E-state index contributed by atoms with van der Waals surface area (Å²) in [6.45, 7) is 7.26. The Hall–Kier alpha value is -3.32.